The number of allylic oxidation sites excluding steroid dienone is 2. The van der Waals surface area contributed by atoms with Gasteiger partial charge in [-0.25, -0.2) is 10.2 Å². The maximum atomic E-state index is 11.1. The van der Waals surface area contributed by atoms with Crippen molar-refractivity contribution < 1.29 is 4.79 Å². The van der Waals surface area contributed by atoms with Gasteiger partial charge in [-0.15, -0.1) is 0 Å². The minimum Gasteiger partial charge on any atom is -0.350 e. The van der Waals surface area contributed by atoms with Gasteiger partial charge in [0.1, 0.15) is 0 Å². The number of nitrogens with zero attached hydrogens (tertiary/aromatic N) is 1. The van der Waals surface area contributed by atoms with E-state index < -0.39 is 6.03 Å². The van der Waals surface area contributed by atoms with Crippen LogP contribution >= 0.6 is 0 Å². The van der Waals surface area contributed by atoms with Crippen LogP contribution in [-0.4, -0.2) is 11.7 Å². The zero-order chi connectivity index (χ0) is 23.1. The SMILES string of the molecule is CC(C)CCC[C@@H](C)[C@H]1CC[C@H]2[C@@H]3CCC4=CC(=NNC(N)=O)CC[C@]4(C)[C@H]3CC[C@]12C. The van der Waals surface area contributed by atoms with Gasteiger partial charge >= 0.3 is 6.03 Å². The maximum absolute atomic E-state index is 11.1. The van der Waals surface area contributed by atoms with Crippen molar-refractivity contribution in [3.05, 3.63) is 11.6 Å². The second kappa shape index (κ2) is 9.14. The van der Waals surface area contributed by atoms with Gasteiger partial charge in [-0.05, 0) is 104 Å². The summed E-state index contributed by atoms with van der Waals surface area (Å²) in [5.41, 5.74) is 11.1. The second-order valence-corrected chi connectivity index (χ2v) is 12.6. The molecular formula is C28H47N3O. The van der Waals surface area contributed by atoms with Gasteiger partial charge in [0.15, 0.2) is 0 Å². The lowest BCUT2D eigenvalue weighted by molar-refractivity contribution is -0.0573. The Morgan fingerprint density at radius 1 is 1.09 bits per heavy atom. The summed E-state index contributed by atoms with van der Waals surface area (Å²) in [4.78, 5) is 11.1. The van der Waals surface area contributed by atoms with Crippen LogP contribution in [0.15, 0.2) is 16.8 Å². The van der Waals surface area contributed by atoms with Crippen LogP contribution in [0.4, 0.5) is 4.79 Å². The highest BCUT2D eigenvalue weighted by Crippen LogP contribution is 2.67. The van der Waals surface area contributed by atoms with Crippen LogP contribution in [0.25, 0.3) is 0 Å². The van der Waals surface area contributed by atoms with E-state index >= 15 is 0 Å². The number of urea groups is 1. The Labute approximate surface area is 196 Å². The van der Waals surface area contributed by atoms with Gasteiger partial charge in [-0.3, -0.25) is 0 Å². The summed E-state index contributed by atoms with van der Waals surface area (Å²) in [7, 11) is 0. The summed E-state index contributed by atoms with van der Waals surface area (Å²) in [5.74, 6) is 5.27. The van der Waals surface area contributed by atoms with E-state index in [0.717, 1.165) is 54.1 Å². The second-order valence-electron chi connectivity index (χ2n) is 12.6. The highest BCUT2D eigenvalue weighted by Gasteiger charge is 2.59. The number of hydrogen-bond donors (Lipinski definition) is 2. The monoisotopic (exact) mass is 441 g/mol. The first-order valence-corrected chi connectivity index (χ1v) is 13.5. The Morgan fingerprint density at radius 2 is 1.88 bits per heavy atom. The maximum Gasteiger partial charge on any atom is 0.332 e. The summed E-state index contributed by atoms with van der Waals surface area (Å²) < 4.78 is 0. The van der Waals surface area contributed by atoms with Gasteiger partial charge in [-0.1, -0.05) is 59.5 Å². The van der Waals surface area contributed by atoms with E-state index in [1.54, 1.807) is 5.57 Å². The number of carbonyl (C=O) groups excluding carboxylic acids is 1. The smallest absolute Gasteiger partial charge is 0.332 e. The van der Waals surface area contributed by atoms with E-state index in [0.29, 0.717) is 10.8 Å². The van der Waals surface area contributed by atoms with Crippen molar-refractivity contribution in [1.82, 2.24) is 5.43 Å². The minimum atomic E-state index is -0.575. The molecule has 4 aliphatic rings. The number of hydrazone groups is 1. The highest BCUT2D eigenvalue weighted by molar-refractivity contribution is 5.97. The quantitative estimate of drug-likeness (QED) is 0.426. The first-order chi connectivity index (χ1) is 15.1. The summed E-state index contributed by atoms with van der Waals surface area (Å²) in [6.45, 7) is 12.5. The van der Waals surface area contributed by atoms with Crippen LogP contribution in [-0.2, 0) is 0 Å². The number of rotatable bonds is 6. The van der Waals surface area contributed by atoms with Crippen LogP contribution in [0.3, 0.4) is 0 Å². The zero-order valence-electron chi connectivity index (χ0n) is 21.3. The molecule has 0 aromatic rings. The molecule has 180 valence electrons. The molecule has 3 N–H and O–H groups in total. The molecule has 32 heavy (non-hydrogen) atoms. The molecule has 0 bridgehead atoms. The average molecular weight is 442 g/mol. The van der Waals surface area contributed by atoms with E-state index in [9.17, 15) is 4.79 Å². The zero-order valence-corrected chi connectivity index (χ0v) is 21.3. The van der Waals surface area contributed by atoms with Crippen molar-refractivity contribution in [3.8, 4) is 0 Å². The van der Waals surface area contributed by atoms with Crippen molar-refractivity contribution in [2.75, 3.05) is 0 Å². The Balaban J connectivity index is 1.47. The number of hydrogen-bond acceptors (Lipinski definition) is 2. The van der Waals surface area contributed by atoms with Gasteiger partial charge in [0.2, 0.25) is 0 Å². The van der Waals surface area contributed by atoms with Crippen LogP contribution in [0.2, 0.25) is 0 Å². The third-order valence-corrected chi connectivity index (χ3v) is 10.5. The average Bonchev–Trinajstić information content (AvgIpc) is 3.09. The predicted octanol–water partition coefficient (Wildman–Crippen LogP) is 7.05. The summed E-state index contributed by atoms with van der Waals surface area (Å²) >= 11 is 0. The molecule has 4 heteroatoms. The molecule has 2 amide bonds. The van der Waals surface area contributed by atoms with Crippen molar-refractivity contribution in [3.63, 3.8) is 0 Å². The molecule has 0 unspecified atom stereocenters. The predicted molar refractivity (Wildman–Crippen MR) is 133 cm³/mol. The highest BCUT2D eigenvalue weighted by atomic mass is 16.2. The Hall–Kier alpha value is -1.32. The van der Waals surface area contributed by atoms with Crippen LogP contribution in [0.1, 0.15) is 105 Å². The van der Waals surface area contributed by atoms with Gasteiger partial charge < -0.3 is 5.73 Å². The number of carbonyl (C=O) groups is 1. The molecule has 3 saturated carbocycles. The first-order valence-electron chi connectivity index (χ1n) is 13.5. The fraction of sp³-hybridized carbons (Fsp3) is 0.857. The van der Waals surface area contributed by atoms with Gasteiger partial charge in [0.25, 0.3) is 0 Å². The Bertz CT molecular complexity index is 771. The normalized spacial score (nSPS) is 40.9. The topological polar surface area (TPSA) is 67.5 Å². The third-order valence-electron chi connectivity index (χ3n) is 10.5. The summed E-state index contributed by atoms with van der Waals surface area (Å²) in [6, 6.07) is -0.575. The fourth-order valence-corrected chi connectivity index (χ4v) is 8.81. The molecule has 4 aliphatic carbocycles. The molecule has 7 atom stereocenters. The molecule has 0 saturated heterocycles. The largest absolute Gasteiger partial charge is 0.350 e. The van der Waals surface area contributed by atoms with Crippen molar-refractivity contribution in [2.24, 2.45) is 57.2 Å². The molecule has 0 aromatic carbocycles. The van der Waals surface area contributed by atoms with Crippen LogP contribution in [0, 0.1) is 46.3 Å². The lowest BCUT2D eigenvalue weighted by atomic mass is 9.46. The van der Waals surface area contributed by atoms with Crippen LogP contribution in [0.5, 0.6) is 0 Å². The first kappa shape index (κ1) is 23.8. The van der Waals surface area contributed by atoms with Gasteiger partial charge in [0, 0.05) is 0 Å². The molecule has 0 radical (unpaired) electrons. The molecular weight excluding hydrogens is 394 g/mol. The fourth-order valence-electron chi connectivity index (χ4n) is 8.81. The third kappa shape index (κ3) is 4.28. The van der Waals surface area contributed by atoms with E-state index in [-0.39, 0.29) is 0 Å². The molecule has 0 spiro atoms. The van der Waals surface area contributed by atoms with E-state index in [2.05, 4.69) is 51.2 Å². The number of amides is 2. The molecule has 0 heterocycles. The van der Waals surface area contributed by atoms with Crippen molar-refractivity contribution in [1.29, 1.82) is 0 Å². The minimum absolute atomic E-state index is 0.316. The molecule has 0 aliphatic heterocycles. The van der Waals surface area contributed by atoms with E-state index in [1.165, 1.54) is 57.8 Å². The lowest BCUT2D eigenvalue weighted by Crippen LogP contribution is -2.51. The van der Waals surface area contributed by atoms with Crippen molar-refractivity contribution >= 4 is 11.7 Å². The summed E-state index contributed by atoms with van der Waals surface area (Å²) in [6.07, 6.45) is 16.9. The number of fused-ring (bicyclic) bond motifs is 5. The summed E-state index contributed by atoms with van der Waals surface area (Å²) in [5, 5.41) is 4.25. The Morgan fingerprint density at radius 3 is 2.59 bits per heavy atom. The number of primary amides is 1. The molecule has 0 aromatic heterocycles. The van der Waals surface area contributed by atoms with Crippen LogP contribution < -0.4 is 11.2 Å². The van der Waals surface area contributed by atoms with E-state index in [4.69, 9.17) is 5.73 Å². The van der Waals surface area contributed by atoms with Gasteiger partial charge in [0.05, 0.1) is 5.71 Å². The van der Waals surface area contributed by atoms with E-state index in [1.807, 2.05) is 0 Å². The lowest BCUT2D eigenvalue weighted by Gasteiger charge is -2.58. The van der Waals surface area contributed by atoms with Crippen molar-refractivity contribution in [2.45, 2.75) is 105 Å². The molecule has 4 nitrogen and oxygen atoms in total. The standard InChI is InChI=1S/C28H47N3O/c1-18(2)7-6-8-19(3)23-11-12-24-22-10-9-20-17-21(30-31-26(29)32)13-15-27(20,4)25(22)14-16-28(23,24)5/h17-19,22-25H,6-16H2,1-5H3,(H3,29,31,32)/t19-,22+,23-,24+,25+,27+,28-/m1/s1. The number of nitrogens with one attached hydrogen (secondary N) is 1. The molecule has 3 fully saturated rings. The Kier molecular flexibility index (Phi) is 6.81. The van der Waals surface area contributed by atoms with Gasteiger partial charge in [-0.2, -0.15) is 5.10 Å². The number of nitrogens with two attached hydrogens (primary N) is 1. The molecule has 4 rings (SSSR count).